The minimum Gasteiger partial charge on any atom is -0.394 e. The van der Waals surface area contributed by atoms with E-state index < -0.39 is 30.0 Å². The summed E-state index contributed by atoms with van der Waals surface area (Å²) in [5, 5.41) is 18.0. The summed E-state index contributed by atoms with van der Waals surface area (Å²) in [5.41, 5.74) is 0.142. The number of fused-ring (bicyclic) bond motifs is 1. The van der Waals surface area contributed by atoms with Gasteiger partial charge in [0.15, 0.2) is 0 Å². The van der Waals surface area contributed by atoms with E-state index in [9.17, 15) is 25.9 Å². The predicted octanol–water partition coefficient (Wildman–Crippen LogP) is 1.11. The van der Waals surface area contributed by atoms with Gasteiger partial charge in [0, 0.05) is 18.5 Å². The molecule has 190 valence electrons. The van der Waals surface area contributed by atoms with Crippen LogP contribution < -0.4 is 16.0 Å². The maximum atomic E-state index is 11.8. The fourth-order valence-corrected chi connectivity index (χ4v) is 4.06. The number of hydrogen-bond acceptors (Lipinski definition) is 12. The molecule has 1 heterocycles. The van der Waals surface area contributed by atoms with Crippen LogP contribution in [0.4, 0.5) is 23.5 Å². The Hall–Kier alpha value is -3.15. The second kappa shape index (κ2) is 11.1. The molecule has 0 saturated heterocycles. The van der Waals surface area contributed by atoms with Crippen molar-refractivity contribution in [2.45, 2.75) is 16.7 Å². The minimum absolute atomic E-state index is 0.0161. The van der Waals surface area contributed by atoms with E-state index >= 15 is 0 Å². The van der Waals surface area contributed by atoms with E-state index in [2.05, 4.69) is 30.9 Å². The molecule has 0 fully saturated rings. The highest BCUT2D eigenvalue weighted by molar-refractivity contribution is 7.86. The Morgan fingerprint density at radius 3 is 2.11 bits per heavy atom. The van der Waals surface area contributed by atoms with E-state index in [-0.39, 0.29) is 48.7 Å². The van der Waals surface area contributed by atoms with Crippen molar-refractivity contribution in [1.29, 1.82) is 0 Å². The molecule has 0 atom stereocenters. The molecule has 0 unspecified atom stereocenters. The van der Waals surface area contributed by atoms with E-state index in [0.717, 1.165) is 24.3 Å². The molecule has 0 aliphatic rings. The monoisotopic (exact) mass is 528 g/mol. The summed E-state index contributed by atoms with van der Waals surface area (Å²) in [5.74, 6) is 0.407. The lowest BCUT2D eigenvalue weighted by Crippen LogP contribution is -2.15. The Balaban J connectivity index is 2.03. The smallest absolute Gasteiger partial charge is 0.294 e. The van der Waals surface area contributed by atoms with Crippen molar-refractivity contribution in [1.82, 2.24) is 15.0 Å². The van der Waals surface area contributed by atoms with Gasteiger partial charge in [-0.15, -0.1) is 0 Å². The topological polar surface area (TPSA) is 213 Å². The van der Waals surface area contributed by atoms with Gasteiger partial charge >= 0.3 is 0 Å². The second-order valence-electron chi connectivity index (χ2n) is 7.03. The lowest BCUT2D eigenvalue weighted by atomic mass is 10.1. The van der Waals surface area contributed by atoms with E-state index in [1.807, 2.05) is 6.92 Å². The standard InChI is InChI=1S/C19H24N6O8S2/c1-2-20-17-23-18(21-5-7-33-8-6-26)25-19(24-17)22-16-11-14(35(30,31)32)10-12-9-13(34(27,28)29)3-4-15(12)16/h3-4,9-11,26H,2,5-8H2,1H3,(H,27,28,29)(H,30,31,32)(H3,20,21,22,23,24,25). The molecule has 0 bridgehead atoms. The van der Waals surface area contributed by atoms with Gasteiger partial charge in [-0.25, -0.2) is 0 Å². The zero-order valence-electron chi connectivity index (χ0n) is 18.5. The number of hydrogen-bond donors (Lipinski definition) is 6. The predicted molar refractivity (Wildman–Crippen MR) is 127 cm³/mol. The van der Waals surface area contributed by atoms with Crippen LogP contribution in [0.25, 0.3) is 10.8 Å². The van der Waals surface area contributed by atoms with Gasteiger partial charge in [-0.3, -0.25) is 9.11 Å². The van der Waals surface area contributed by atoms with Gasteiger partial charge < -0.3 is 25.8 Å². The van der Waals surface area contributed by atoms with Crippen LogP contribution in [0.3, 0.4) is 0 Å². The van der Waals surface area contributed by atoms with Gasteiger partial charge in [-0.05, 0) is 36.6 Å². The van der Waals surface area contributed by atoms with Gasteiger partial charge in [0.2, 0.25) is 17.8 Å². The highest BCUT2D eigenvalue weighted by atomic mass is 32.2. The lowest BCUT2D eigenvalue weighted by molar-refractivity contribution is 0.0991. The quantitative estimate of drug-likeness (QED) is 0.144. The molecule has 0 aliphatic carbocycles. The molecule has 3 rings (SSSR count). The lowest BCUT2D eigenvalue weighted by Gasteiger charge is -2.13. The van der Waals surface area contributed by atoms with E-state index in [4.69, 9.17) is 9.84 Å². The SMILES string of the molecule is CCNc1nc(NCCOCCO)nc(Nc2cc(S(=O)(=O)O)cc3cc(S(=O)(=O)O)ccc23)n1. The average Bonchev–Trinajstić information content (AvgIpc) is 2.77. The Morgan fingerprint density at radius 1 is 0.857 bits per heavy atom. The van der Waals surface area contributed by atoms with Crippen molar-refractivity contribution in [2.75, 3.05) is 48.9 Å². The third-order valence-corrected chi connectivity index (χ3v) is 6.16. The first-order valence-corrected chi connectivity index (χ1v) is 13.1. The van der Waals surface area contributed by atoms with Crippen LogP contribution in [0.5, 0.6) is 0 Å². The van der Waals surface area contributed by atoms with Crippen molar-refractivity contribution < 1.29 is 35.8 Å². The zero-order valence-corrected chi connectivity index (χ0v) is 20.1. The summed E-state index contributed by atoms with van der Waals surface area (Å²) in [6.45, 7) is 3.03. The molecule has 3 aromatic rings. The molecule has 0 amide bonds. The summed E-state index contributed by atoms with van der Waals surface area (Å²) in [6.07, 6.45) is 0. The Kier molecular flexibility index (Phi) is 8.36. The largest absolute Gasteiger partial charge is 0.394 e. The Bertz CT molecular complexity index is 1410. The van der Waals surface area contributed by atoms with Crippen LogP contribution in [0.2, 0.25) is 0 Å². The molecule has 6 N–H and O–H groups in total. The number of nitrogens with zero attached hydrogens (tertiary/aromatic N) is 3. The normalized spacial score (nSPS) is 12.0. The van der Waals surface area contributed by atoms with Gasteiger partial charge in [0.05, 0.1) is 35.3 Å². The number of aromatic nitrogens is 3. The van der Waals surface area contributed by atoms with Crippen molar-refractivity contribution >= 4 is 54.5 Å². The third-order valence-electron chi connectivity index (χ3n) is 4.48. The molecular formula is C19H24N6O8S2. The number of aliphatic hydroxyl groups is 1. The second-order valence-corrected chi connectivity index (χ2v) is 9.87. The highest BCUT2D eigenvalue weighted by Gasteiger charge is 2.18. The van der Waals surface area contributed by atoms with Gasteiger partial charge in [0.25, 0.3) is 20.2 Å². The summed E-state index contributed by atoms with van der Waals surface area (Å²) in [4.78, 5) is 11.7. The highest BCUT2D eigenvalue weighted by Crippen LogP contribution is 2.31. The fraction of sp³-hybridized carbons (Fsp3) is 0.316. The van der Waals surface area contributed by atoms with E-state index in [0.29, 0.717) is 18.5 Å². The van der Waals surface area contributed by atoms with Crippen LogP contribution >= 0.6 is 0 Å². The van der Waals surface area contributed by atoms with Crippen LogP contribution in [-0.4, -0.2) is 78.9 Å². The number of nitrogens with one attached hydrogen (secondary N) is 3. The Morgan fingerprint density at radius 2 is 1.49 bits per heavy atom. The minimum atomic E-state index is -4.66. The maximum Gasteiger partial charge on any atom is 0.294 e. The molecule has 14 nitrogen and oxygen atoms in total. The maximum absolute atomic E-state index is 11.8. The number of aliphatic hydroxyl groups excluding tert-OH is 1. The van der Waals surface area contributed by atoms with Crippen molar-refractivity contribution in [3.05, 3.63) is 30.3 Å². The third kappa shape index (κ3) is 7.17. The summed E-state index contributed by atoms with van der Waals surface area (Å²) >= 11 is 0. The average molecular weight is 529 g/mol. The molecule has 1 aromatic heterocycles. The molecular weight excluding hydrogens is 504 g/mol. The van der Waals surface area contributed by atoms with Crippen LogP contribution in [0.15, 0.2) is 40.1 Å². The zero-order chi connectivity index (χ0) is 25.6. The fourth-order valence-electron chi connectivity index (χ4n) is 3.00. The molecule has 0 aliphatic heterocycles. The molecule has 0 spiro atoms. The summed E-state index contributed by atoms with van der Waals surface area (Å²) in [6, 6.07) is 5.78. The molecule has 0 radical (unpaired) electrons. The molecule has 16 heteroatoms. The first kappa shape index (κ1) is 26.5. The molecule has 0 saturated carbocycles. The molecule has 35 heavy (non-hydrogen) atoms. The number of anilines is 4. The van der Waals surface area contributed by atoms with Crippen molar-refractivity contribution in [3.63, 3.8) is 0 Å². The Labute approximate surface area is 201 Å². The van der Waals surface area contributed by atoms with Crippen LogP contribution in [0.1, 0.15) is 6.92 Å². The van der Waals surface area contributed by atoms with Crippen molar-refractivity contribution in [2.24, 2.45) is 0 Å². The van der Waals surface area contributed by atoms with E-state index in [1.54, 1.807) is 0 Å². The summed E-state index contributed by atoms with van der Waals surface area (Å²) < 4.78 is 70.8. The number of benzene rings is 2. The van der Waals surface area contributed by atoms with Crippen LogP contribution in [0, 0.1) is 0 Å². The van der Waals surface area contributed by atoms with Gasteiger partial charge in [-0.1, -0.05) is 6.07 Å². The van der Waals surface area contributed by atoms with Gasteiger partial charge in [-0.2, -0.15) is 31.8 Å². The van der Waals surface area contributed by atoms with Crippen molar-refractivity contribution in [3.8, 4) is 0 Å². The van der Waals surface area contributed by atoms with E-state index in [1.165, 1.54) is 6.07 Å². The number of ether oxygens (including phenoxy) is 1. The van der Waals surface area contributed by atoms with Gasteiger partial charge in [0.1, 0.15) is 0 Å². The first-order valence-electron chi connectivity index (χ1n) is 10.2. The van der Waals surface area contributed by atoms with Crippen LogP contribution in [-0.2, 0) is 25.0 Å². The first-order chi connectivity index (χ1) is 16.5. The number of rotatable bonds is 12. The summed E-state index contributed by atoms with van der Waals surface area (Å²) in [7, 11) is -9.22. The molecule has 2 aromatic carbocycles.